The van der Waals surface area contributed by atoms with Crippen LogP contribution in [0.15, 0.2) is 18.2 Å². The Kier molecular flexibility index (Phi) is 5.87. The predicted molar refractivity (Wildman–Crippen MR) is 117 cm³/mol. The molecule has 150 valence electrons. The average molecular weight is 408 g/mol. The fourth-order valence-corrected chi connectivity index (χ4v) is 6.91. The predicted octanol–water partition coefficient (Wildman–Crippen LogP) is 5.37. The van der Waals surface area contributed by atoms with Crippen LogP contribution in [-0.4, -0.2) is 46.7 Å². The van der Waals surface area contributed by atoms with E-state index in [0.717, 1.165) is 37.1 Å². The summed E-state index contributed by atoms with van der Waals surface area (Å²) >= 11 is 8.79. The van der Waals surface area contributed by atoms with Crippen LogP contribution in [0.3, 0.4) is 0 Å². The maximum absolute atomic E-state index is 10.2. The molecule has 3 fully saturated rings. The third-order valence-corrected chi connectivity index (χ3v) is 9.02. The molecule has 1 aliphatic carbocycles. The first-order valence-electron chi connectivity index (χ1n) is 10.7. The first-order valence-corrected chi connectivity index (χ1v) is 12.2. The molecule has 2 heterocycles. The van der Waals surface area contributed by atoms with Gasteiger partial charge in [0.05, 0.1) is 5.60 Å². The molecular formula is C23H34ClNOS. The van der Waals surface area contributed by atoms with Crippen molar-refractivity contribution < 1.29 is 5.11 Å². The van der Waals surface area contributed by atoms with E-state index in [1.165, 1.54) is 48.7 Å². The molecule has 27 heavy (non-hydrogen) atoms. The summed E-state index contributed by atoms with van der Waals surface area (Å²) in [6, 6.07) is 6.75. The Morgan fingerprint density at radius 3 is 2.59 bits per heavy atom. The van der Waals surface area contributed by atoms with E-state index in [-0.39, 0.29) is 0 Å². The minimum Gasteiger partial charge on any atom is -0.390 e. The molecule has 2 aliphatic heterocycles. The van der Waals surface area contributed by atoms with E-state index in [1.807, 2.05) is 6.92 Å². The standard InChI is InChI=1S/C23H34ClNOS/c1-17(13-25-10-9-23(14-25)15-27-16-23)11-18-3-4-20(21(24)12-18)19-5-7-22(2,26)8-6-19/h3-4,12,17,19,26H,5-11,13-16H2,1-2H3/t17-,19?,22?/m1/s1. The summed E-state index contributed by atoms with van der Waals surface area (Å²) in [6.45, 7) is 8.15. The van der Waals surface area contributed by atoms with Gasteiger partial charge in [-0.3, -0.25) is 0 Å². The molecular weight excluding hydrogens is 374 g/mol. The molecule has 1 aromatic carbocycles. The van der Waals surface area contributed by atoms with Crippen molar-refractivity contribution in [2.24, 2.45) is 11.3 Å². The van der Waals surface area contributed by atoms with Gasteiger partial charge in [-0.1, -0.05) is 30.7 Å². The molecule has 1 atom stereocenters. The van der Waals surface area contributed by atoms with Gasteiger partial charge in [-0.25, -0.2) is 0 Å². The number of rotatable bonds is 5. The number of hydrogen-bond donors (Lipinski definition) is 1. The summed E-state index contributed by atoms with van der Waals surface area (Å²) in [5.41, 5.74) is 2.84. The quantitative estimate of drug-likeness (QED) is 0.710. The Hall–Kier alpha value is -0.220. The molecule has 2 saturated heterocycles. The lowest BCUT2D eigenvalue weighted by Crippen LogP contribution is -2.39. The Balaban J connectivity index is 1.31. The Bertz CT molecular complexity index is 662. The second-order valence-corrected chi connectivity index (χ2v) is 11.3. The lowest BCUT2D eigenvalue weighted by molar-refractivity contribution is 0.0172. The van der Waals surface area contributed by atoms with Gasteiger partial charge in [-0.15, -0.1) is 0 Å². The zero-order valence-corrected chi connectivity index (χ0v) is 18.4. The summed E-state index contributed by atoms with van der Waals surface area (Å²) in [7, 11) is 0. The summed E-state index contributed by atoms with van der Waals surface area (Å²) in [4.78, 5) is 2.69. The van der Waals surface area contributed by atoms with Crippen LogP contribution in [0.5, 0.6) is 0 Å². The maximum Gasteiger partial charge on any atom is 0.0620 e. The first kappa shape index (κ1) is 20.1. The fourth-order valence-electron chi connectivity index (χ4n) is 5.30. The number of likely N-dealkylation sites (tertiary alicyclic amines) is 1. The number of nitrogens with zero attached hydrogens (tertiary/aromatic N) is 1. The van der Waals surface area contributed by atoms with Crippen molar-refractivity contribution in [3.05, 3.63) is 34.3 Å². The smallest absolute Gasteiger partial charge is 0.0620 e. The molecule has 4 heteroatoms. The van der Waals surface area contributed by atoms with E-state index < -0.39 is 5.60 Å². The second kappa shape index (κ2) is 7.89. The zero-order chi connectivity index (χ0) is 19.1. The normalized spacial score (nSPS) is 31.8. The van der Waals surface area contributed by atoms with E-state index >= 15 is 0 Å². The highest BCUT2D eigenvalue weighted by molar-refractivity contribution is 8.00. The minimum atomic E-state index is -0.481. The van der Waals surface area contributed by atoms with Crippen molar-refractivity contribution >= 4 is 23.4 Å². The largest absolute Gasteiger partial charge is 0.390 e. The maximum atomic E-state index is 10.2. The molecule has 1 saturated carbocycles. The third kappa shape index (κ3) is 4.69. The first-order chi connectivity index (χ1) is 12.8. The van der Waals surface area contributed by atoms with Crippen LogP contribution < -0.4 is 0 Å². The lowest BCUT2D eigenvalue weighted by atomic mass is 9.77. The number of hydrogen-bond acceptors (Lipinski definition) is 3. The van der Waals surface area contributed by atoms with Gasteiger partial charge in [0, 0.05) is 35.0 Å². The van der Waals surface area contributed by atoms with Gasteiger partial charge in [-0.2, -0.15) is 11.8 Å². The Morgan fingerprint density at radius 2 is 2.00 bits per heavy atom. The van der Waals surface area contributed by atoms with Crippen LogP contribution in [-0.2, 0) is 6.42 Å². The number of thioether (sulfide) groups is 1. The van der Waals surface area contributed by atoms with Crippen molar-refractivity contribution in [1.29, 1.82) is 0 Å². The zero-order valence-electron chi connectivity index (χ0n) is 16.8. The van der Waals surface area contributed by atoms with Gasteiger partial charge in [0.1, 0.15) is 0 Å². The molecule has 3 aliphatic rings. The van der Waals surface area contributed by atoms with E-state index in [0.29, 0.717) is 17.3 Å². The van der Waals surface area contributed by atoms with Crippen LogP contribution in [0, 0.1) is 11.3 Å². The van der Waals surface area contributed by atoms with Gasteiger partial charge in [0.25, 0.3) is 0 Å². The molecule has 0 bridgehead atoms. The van der Waals surface area contributed by atoms with E-state index in [1.54, 1.807) is 0 Å². The molecule has 0 aromatic heterocycles. The number of aliphatic hydroxyl groups is 1. The third-order valence-electron chi connectivity index (χ3n) is 7.06. The van der Waals surface area contributed by atoms with Crippen LogP contribution in [0.2, 0.25) is 5.02 Å². The molecule has 0 unspecified atom stereocenters. The van der Waals surface area contributed by atoms with Gasteiger partial charge in [0.2, 0.25) is 0 Å². The highest BCUT2D eigenvalue weighted by atomic mass is 35.5. The highest BCUT2D eigenvalue weighted by Crippen LogP contribution is 2.45. The summed E-state index contributed by atoms with van der Waals surface area (Å²) in [5.74, 6) is 3.93. The molecule has 0 amide bonds. The SMILES string of the molecule is C[C@H](Cc1ccc(C2CCC(C)(O)CC2)c(Cl)c1)CN1CCC2(CSC2)C1. The van der Waals surface area contributed by atoms with Crippen molar-refractivity contribution in [2.75, 3.05) is 31.1 Å². The summed E-state index contributed by atoms with van der Waals surface area (Å²) in [5, 5.41) is 11.1. The molecule has 1 aromatic rings. The second-order valence-electron chi connectivity index (χ2n) is 9.91. The molecule has 4 rings (SSSR count). The van der Waals surface area contributed by atoms with Gasteiger partial charge < -0.3 is 10.0 Å². The Labute approximate surface area is 174 Å². The van der Waals surface area contributed by atoms with Crippen molar-refractivity contribution in [3.8, 4) is 0 Å². The summed E-state index contributed by atoms with van der Waals surface area (Å²) < 4.78 is 0. The fraction of sp³-hybridized carbons (Fsp3) is 0.739. The average Bonchev–Trinajstić information content (AvgIpc) is 3.00. The van der Waals surface area contributed by atoms with Gasteiger partial charge in [-0.05, 0) is 81.0 Å². The minimum absolute atomic E-state index is 0.481. The van der Waals surface area contributed by atoms with Gasteiger partial charge >= 0.3 is 0 Å². The molecule has 1 N–H and O–H groups in total. The molecule has 1 spiro atoms. The van der Waals surface area contributed by atoms with Crippen LogP contribution in [0.25, 0.3) is 0 Å². The molecule has 0 radical (unpaired) electrons. The highest BCUT2D eigenvalue weighted by Gasteiger charge is 2.43. The van der Waals surface area contributed by atoms with Crippen molar-refractivity contribution in [1.82, 2.24) is 4.90 Å². The lowest BCUT2D eigenvalue weighted by Gasteiger charge is -2.37. The Morgan fingerprint density at radius 1 is 1.26 bits per heavy atom. The van der Waals surface area contributed by atoms with Crippen LogP contribution in [0.1, 0.15) is 63.0 Å². The number of halogens is 1. The van der Waals surface area contributed by atoms with Crippen LogP contribution >= 0.6 is 23.4 Å². The van der Waals surface area contributed by atoms with Crippen LogP contribution in [0.4, 0.5) is 0 Å². The van der Waals surface area contributed by atoms with E-state index in [2.05, 4.69) is 41.8 Å². The monoisotopic (exact) mass is 407 g/mol. The van der Waals surface area contributed by atoms with Crippen molar-refractivity contribution in [3.63, 3.8) is 0 Å². The van der Waals surface area contributed by atoms with Crippen molar-refractivity contribution in [2.45, 2.75) is 63.9 Å². The van der Waals surface area contributed by atoms with E-state index in [4.69, 9.17) is 11.6 Å². The topological polar surface area (TPSA) is 23.5 Å². The molecule has 2 nitrogen and oxygen atoms in total. The number of benzene rings is 1. The summed E-state index contributed by atoms with van der Waals surface area (Å²) in [6.07, 6.45) is 6.35. The van der Waals surface area contributed by atoms with Gasteiger partial charge in [0.15, 0.2) is 0 Å². The van der Waals surface area contributed by atoms with E-state index in [9.17, 15) is 5.11 Å².